The number of rotatable bonds is 4. The lowest BCUT2D eigenvalue weighted by Crippen LogP contribution is -2.37. The molecule has 1 aromatic rings. The first-order chi connectivity index (χ1) is 11.1. The van der Waals surface area contributed by atoms with E-state index >= 15 is 0 Å². The van der Waals surface area contributed by atoms with Crippen LogP contribution < -0.4 is 0 Å². The van der Waals surface area contributed by atoms with Gasteiger partial charge in [-0.3, -0.25) is 19.3 Å². The van der Waals surface area contributed by atoms with Crippen molar-refractivity contribution in [3.8, 4) is 0 Å². The molecule has 2 amide bonds. The molecule has 1 N–H and O–H groups in total. The van der Waals surface area contributed by atoms with E-state index in [0.717, 1.165) is 6.42 Å². The highest BCUT2D eigenvalue weighted by Gasteiger charge is 2.60. The first kappa shape index (κ1) is 14.2. The number of allylic oxidation sites excluding steroid dienone is 2. The Morgan fingerprint density at radius 2 is 1.65 bits per heavy atom. The molecule has 5 nitrogen and oxygen atoms in total. The van der Waals surface area contributed by atoms with Gasteiger partial charge in [-0.2, -0.15) is 0 Å². The average molecular weight is 311 g/mol. The maximum atomic E-state index is 12.9. The monoisotopic (exact) mass is 311 g/mol. The molecule has 1 heterocycles. The van der Waals surface area contributed by atoms with E-state index < -0.39 is 12.0 Å². The predicted molar refractivity (Wildman–Crippen MR) is 81.0 cm³/mol. The van der Waals surface area contributed by atoms with Crippen LogP contribution in [0.3, 0.4) is 0 Å². The zero-order valence-electron chi connectivity index (χ0n) is 12.5. The molecular weight excluding hydrogens is 294 g/mol. The number of likely N-dealkylation sites (tertiary alicyclic amines) is 1. The Labute approximate surface area is 133 Å². The minimum Gasteiger partial charge on any atom is -0.481 e. The summed E-state index contributed by atoms with van der Waals surface area (Å²) >= 11 is 0. The summed E-state index contributed by atoms with van der Waals surface area (Å²) in [5.41, 5.74) is 0.692. The van der Waals surface area contributed by atoms with Crippen LogP contribution in [0.1, 0.15) is 24.4 Å². The second-order valence-electron chi connectivity index (χ2n) is 6.57. The van der Waals surface area contributed by atoms with Crippen molar-refractivity contribution in [2.24, 2.45) is 23.7 Å². The van der Waals surface area contributed by atoms with Crippen LogP contribution in [0.2, 0.25) is 0 Å². The van der Waals surface area contributed by atoms with Crippen molar-refractivity contribution in [2.45, 2.75) is 18.9 Å². The van der Waals surface area contributed by atoms with Crippen molar-refractivity contribution in [3.05, 3.63) is 48.0 Å². The summed E-state index contributed by atoms with van der Waals surface area (Å²) in [4.78, 5) is 38.2. The van der Waals surface area contributed by atoms with E-state index in [2.05, 4.69) is 0 Å². The van der Waals surface area contributed by atoms with Gasteiger partial charge in [0.15, 0.2) is 0 Å². The number of aliphatic carboxylic acids is 1. The number of fused-ring (bicyclic) bond motifs is 5. The van der Waals surface area contributed by atoms with Crippen LogP contribution in [0.4, 0.5) is 0 Å². The number of imide groups is 1. The molecule has 118 valence electrons. The highest BCUT2D eigenvalue weighted by molar-refractivity contribution is 6.07. The molecule has 1 aromatic carbocycles. The number of carbonyl (C=O) groups excluding carboxylic acids is 2. The van der Waals surface area contributed by atoms with Gasteiger partial charge in [-0.25, -0.2) is 0 Å². The average Bonchev–Trinajstić information content (AvgIpc) is 3.20. The number of hydrogen-bond donors (Lipinski definition) is 1. The van der Waals surface area contributed by atoms with Gasteiger partial charge in [-0.05, 0) is 23.8 Å². The molecule has 0 spiro atoms. The lowest BCUT2D eigenvalue weighted by molar-refractivity contribution is -0.146. The van der Waals surface area contributed by atoms with Crippen molar-refractivity contribution in [3.63, 3.8) is 0 Å². The fraction of sp³-hybridized carbons (Fsp3) is 0.389. The van der Waals surface area contributed by atoms with Gasteiger partial charge in [0.25, 0.3) is 0 Å². The summed E-state index contributed by atoms with van der Waals surface area (Å²) < 4.78 is 0. The van der Waals surface area contributed by atoms with Crippen molar-refractivity contribution >= 4 is 17.8 Å². The van der Waals surface area contributed by atoms with E-state index in [1.165, 1.54) is 4.90 Å². The zero-order chi connectivity index (χ0) is 16.1. The first-order valence-corrected chi connectivity index (χ1v) is 7.90. The number of carboxylic acid groups (broad SMARTS) is 1. The highest BCUT2D eigenvalue weighted by atomic mass is 16.4. The summed E-state index contributed by atoms with van der Waals surface area (Å²) in [7, 11) is 0. The molecule has 0 aromatic heterocycles. The van der Waals surface area contributed by atoms with Gasteiger partial charge in [0.1, 0.15) is 0 Å². The van der Waals surface area contributed by atoms with Crippen LogP contribution in [0, 0.1) is 23.7 Å². The van der Waals surface area contributed by atoms with Crippen LogP contribution >= 0.6 is 0 Å². The molecule has 2 aliphatic carbocycles. The third kappa shape index (κ3) is 2.03. The molecule has 3 aliphatic rings. The molecule has 4 rings (SSSR count). The van der Waals surface area contributed by atoms with E-state index in [0.29, 0.717) is 5.56 Å². The summed E-state index contributed by atoms with van der Waals surface area (Å²) in [6, 6.07) is 8.24. The van der Waals surface area contributed by atoms with Gasteiger partial charge in [0, 0.05) is 0 Å². The summed E-state index contributed by atoms with van der Waals surface area (Å²) in [6.45, 7) is 0. The van der Waals surface area contributed by atoms with Gasteiger partial charge in [-0.1, -0.05) is 42.5 Å². The topological polar surface area (TPSA) is 74.7 Å². The lowest BCUT2D eigenvalue weighted by atomic mass is 9.85. The minimum absolute atomic E-state index is 0.132. The van der Waals surface area contributed by atoms with E-state index in [1.54, 1.807) is 24.3 Å². The largest absolute Gasteiger partial charge is 0.481 e. The number of hydrogen-bond acceptors (Lipinski definition) is 3. The molecule has 1 unspecified atom stereocenters. The third-order valence-corrected chi connectivity index (χ3v) is 5.37. The van der Waals surface area contributed by atoms with Gasteiger partial charge in [-0.15, -0.1) is 0 Å². The van der Waals surface area contributed by atoms with Gasteiger partial charge < -0.3 is 5.11 Å². The molecule has 1 aliphatic heterocycles. The fourth-order valence-corrected chi connectivity index (χ4v) is 4.43. The van der Waals surface area contributed by atoms with Crippen LogP contribution in [-0.2, 0) is 14.4 Å². The maximum absolute atomic E-state index is 12.9. The van der Waals surface area contributed by atoms with Gasteiger partial charge in [0.05, 0.1) is 24.3 Å². The molecule has 1 saturated heterocycles. The molecule has 2 bridgehead atoms. The number of carbonyl (C=O) groups is 3. The van der Waals surface area contributed by atoms with E-state index in [-0.39, 0.29) is 41.9 Å². The molecular formula is C18H17NO4. The van der Waals surface area contributed by atoms with E-state index in [1.807, 2.05) is 18.2 Å². The van der Waals surface area contributed by atoms with Crippen molar-refractivity contribution in [1.82, 2.24) is 4.90 Å². The molecule has 0 radical (unpaired) electrons. The molecule has 5 atom stereocenters. The minimum atomic E-state index is -1.02. The molecule has 1 saturated carbocycles. The normalized spacial score (nSPS) is 32.4. The Morgan fingerprint density at radius 1 is 1.09 bits per heavy atom. The zero-order valence-corrected chi connectivity index (χ0v) is 12.5. The predicted octanol–water partition coefficient (Wildman–Crippen LogP) is 2.01. The quantitative estimate of drug-likeness (QED) is 0.682. The van der Waals surface area contributed by atoms with E-state index in [9.17, 15) is 19.5 Å². The Morgan fingerprint density at radius 3 is 2.17 bits per heavy atom. The Bertz CT molecular complexity index is 681. The van der Waals surface area contributed by atoms with Gasteiger partial charge >= 0.3 is 5.97 Å². The van der Waals surface area contributed by atoms with Crippen LogP contribution in [0.25, 0.3) is 0 Å². The van der Waals surface area contributed by atoms with Crippen molar-refractivity contribution in [1.29, 1.82) is 0 Å². The first-order valence-electron chi connectivity index (χ1n) is 7.90. The summed E-state index contributed by atoms with van der Waals surface area (Å²) in [6.07, 6.45) is 4.68. The molecule has 5 heteroatoms. The Hall–Kier alpha value is -2.43. The van der Waals surface area contributed by atoms with Gasteiger partial charge in [0.2, 0.25) is 11.8 Å². The van der Waals surface area contributed by atoms with Crippen LogP contribution in [0.15, 0.2) is 42.5 Å². The number of benzene rings is 1. The lowest BCUT2D eigenvalue weighted by Gasteiger charge is -2.27. The smallest absolute Gasteiger partial charge is 0.305 e. The third-order valence-electron chi connectivity index (χ3n) is 5.37. The summed E-state index contributed by atoms with van der Waals surface area (Å²) in [5, 5.41) is 9.24. The number of carboxylic acids is 1. The fourth-order valence-electron chi connectivity index (χ4n) is 4.43. The Kier molecular flexibility index (Phi) is 3.11. The second kappa shape index (κ2) is 5.05. The standard InChI is InChI=1S/C18H17NO4/c20-14(21)9-13(10-4-2-1-3-5-10)19-17(22)15-11-6-7-12(8-11)16(15)18(19)23/h1-7,11-13,15-16H,8-9H2,(H,20,21)/t11-,12+,13?,15-,16+. The number of nitrogens with zero attached hydrogens (tertiary/aromatic N) is 1. The summed E-state index contributed by atoms with van der Waals surface area (Å²) in [5.74, 6) is -1.74. The Balaban J connectivity index is 1.71. The van der Waals surface area contributed by atoms with E-state index in [4.69, 9.17) is 0 Å². The number of amides is 2. The highest BCUT2D eigenvalue weighted by Crippen LogP contribution is 2.54. The van der Waals surface area contributed by atoms with Crippen LogP contribution in [-0.4, -0.2) is 27.8 Å². The van der Waals surface area contributed by atoms with Crippen molar-refractivity contribution < 1.29 is 19.5 Å². The molecule has 2 fully saturated rings. The maximum Gasteiger partial charge on any atom is 0.305 e. The second-order valence-corrected chi connectivity index (χ2v) is 6.57. The van der Waals surface area contributed by atoms with Crippen molar-refractivity contribution in [2.75, 3.05) is 0 Å². The molecule has 23 heavy (non-hydrogen) atoms. The van der Waals surface area contributed by atoms with Crippen LogP contribution in [0.5, 0.6) is 0 Å². The SMILES string of the molecule is O=C(O)CC(c1ccccc1)N1C(=O)[C@@H]2[C@H](C1=O)[C@@H]1C=C[C@H]2C1.